The van der Waals surface area contributed by atoms with Crippen molar-refractivity contribution < 1.29 is 19.4 Å². The van der Waals surface area contributed by atoms with Crippen molar-refractivity contribution in [1.82, 2.24) is 4.90 Å². The molecule has 2 N–H and O–H groups in total. The summed E-state index contributed by atoms with van der Waals surface area (Å²) >= 11 is 0. The zero-order chi connectivity index (χ0) is 20.5. The number of rotatable bonds is 9. The molecule has 1 fully saturated rings. The second-order valence-corrected chi connectivity index (χ2v) is 7.00. The Morgan fingerprint density at radius 3 is 2.31 bits per heavy atom. The van der Waals surface area contributed by atoms with Crippen LogP contribution in [0.3, 0.4) is 0 Å². The van der Waals surface area contributed by atoms with Gasteiger partial charge in [-0.25, -0.2) is 0 Å². The molecule has 1 aliphatic heterocycles. The van der Waals surface area contributed by atoms with Crippen LogP contribution in [0.2, 0.25) is 0 Å². The van der Waals surface area contributed by atoms with E-state index in [0.717, 1.165) is 31.9 Å². The van der Waals surface area contributed by atoms with Gasteiger partial charge in [-0.15, -0.1) is 0 Å². The minimum Gasteiger partial charge on any atom is -0.491 e. The van der Waals surface area contributed by atoms with Crippen LogP contribution in [0, 0.1) is 0 Å². The summed E-state index contributed by atoms with van der Waals surface area (Å²) in [7, 11) is 2.14. The van der Waals surface area contributed by atoms with Gasteiger partial charge in [0.25, 0.3) is 5.91 Å². The van der Waals surface area contributed by atoms with Crippen molar-refractivity contribution in [3.63, 3.8) is 0 Å². The summed E-state index contributed by atoms with van der Waals surface area (Å²) in [6, 6.07) is 15.0. The van der Waals surface area contributed by atoms with Crippen molar-refractivity contribution in [3.05, 3.63) is 54.1 Å². The van der Waals surface area contributed by atoms with Gasteiger partial charge in [0.2, 0.25) is 0 Å². The number of carbonyl (C=O) groups excluding carboxylic acids is 1. The molecule has 0 bridgehead atoms. The lowest BCUT2D eigenvalue weighted by molar-refractivity contribution is 0.0705. The summed E-state index contributed by atoms with van der Waals surface area (Å²) in [4.78, 5) is 17.2. The van der Waals surface area contributed by atoms with Crippen molar-refractivity contribution >= 4 is 17.3 Å². The molecule has 7 nitrogen and oxygen atoms in total. The Bertz CT molecular complexity index is 757. The molecule has 7 heteroatoms. The molecule has 1 heterocycles. The summed E-state index contributed by atoms with van der Waals surface area (Å²) in [5, 5.41) is 11.6. The molecule has 3 rings (SSSR count). The molecular weight excluding hydrogens is 370 g/mol. The lowest BCUT2D eigenvalue weighted by Gasteiger charge is -2.34. The first-order chi connectivity index (χ1) is 14.2. The fraction of sp³-hybridized carbons (Fsp3) is 0.409. The van der Waals surface area contributed by atoms with Gasteiger partial charge in [-0.05, 0) is 55.6 Å². The third-order valence-corrected chi connectivity index (χ3v) is 4.84. The Kier molecular flexibility index (Phi) is 7.86. The molecule has 0 aliphatic carbocycles. The quantitative estimate of drug-likeness (QED) is 0.629. The number of hydrogen-bond donors (Lipinski definition) is 2. The molecule has 1 saturated heterocycles. The van der Waals surface area contributed by atoms with E-state index in [-0.39, 0.29) is 12.5 Å². The van der Waals surface area contributed by atoms with Gasteiger partial charge in [0.1, 0.15) is 12.4 Å². The fourth-order valence-corrected chi connectivity index (χ4v) is 3.11. The van der Waals surface area contributed by atoms with E-state index in [1.807, 2.05) is 12.1 Å². The van der Waals surface area contributed by atoms with Crippen molar-refractivity contribution in [2.24, 2.45) is 0 Å². The molecule has 1 aliphatic rings. The smallest absolute Gasteiger partial charge is 0.255 e. The summed E-state index contributed by atoms with van der Waals surface area (Å²) < 4.78 is 10.7. The number of nitrogens with one attached hydrogen (secondary N) is 1. The van der Waals surface area contributed by atoms with Gasteiger partial charge in [-0.2, -0.15) is 0 Å². The first-order valence-electron chi connectivity index (χ1n) is 9.92. The number of aliphatic hydroxyl groups excluding tert-OH is 1. The number of ether oxygens (including phenoxy) is 2. The topological polar surface area (TPSA) is 74.3 Å². The predicted molar refractivity (Wildman–Crippen MR) is 114 cm³/mol. The standard InChI is InChI=1S/C22H29N3O4/c1-24-10-12-25(13-11-24)20-6-4-19(5-7-20)23-22(27)18-2-8-21(9-3-18)29-17-16-28-15-14-26/h2-9,26H,10-17H2,1H3,(H,23,27). The van der Waals surface area contributed by atoms with Crippen molar-refractivity contribution in [2.75, 3.05) is 69.9 Å². The van der Waals surface area contributed by atoms with E-state index in [0.29, 0.717) is 31.1 Å². The van der Waals surface area contributed by atoms with Crippen molar-refractivity contribution in [2.45, 2.75) is 0 Å². The van der Waals surface area contributed by atoms with Gasteiger partial charge in [-0.1, -0.05) is 0 Å². The van der Waals surface area contributed by atoms with Gasteiger partial charge >= 0.3 is 0 Å². The lowest BCUT2D eigenvalue weighted by atomic mass is 10.2. The molecular formula is C22H29N3O4. The summed E-state index contributed by atoms with van der Waals surface area (Å²) in [5.41, 5.74) is 2.52. The first-order valence-corrected chi connectivity index (χ1v) is 9.92. The molecule has 2 aromatic carbocycles. The van der Waals surface area contributed by atoms with Crippen LogP contribution in [-0.2, 0) is 4.74 Å². The van der Waals surface area contributed by atoms with Crippen molar-refractivity contribution in [3.8, 4) is 5.75 Å². The first kappa shape index (κ1) is 21.1. The zero-order valence-corrected chi connectivity index (χ0v) is 16.8. The number of hydrogen-bond acceptors (Lipinski definition) is 6. The normalized spacial score (nSPS) is 14.6. The molecule has 0 atom stereocenters. The number of aliphatic hydroxyl groups is 1. The van der Waals surface area contributed by atoms with Crippen LogP contribution >= 0.6 is 0 Å². The van der Waals surface area contributed by atoms with Gasteiger partial charge < -0.3 is 29.7 Å². The Balaban J connectivity index is 1.48. The monoisotopic (exact) mass is 399 g/mol. The van der Waals surface area contributed by atoms with E-state index in [1.54, 1.807) is 24.3 Å². The fourth-order valence-electron chi connectivity index (χ4n) is 3.11. The maximum atomic E-state index is 12.5. The molecule has 0 spiro atoms. The highest BCUT2D eigenvalue weighted by Crippen LogP contribution is 2.20. The van der Waals surface area contributed by atoms with Crippen LogP contribution in [-0.4, -0.2) is 75.6 Å². The van der Waals surface area contributed by atoms with Gasteiger partial charge in [0.15, 0.2) is 0 Å². The summed E-state index contributed by atoms with van der Waals surface area (Å²) in [6.07, 6.45) is 0. The van der Waals surface area contributed by atoms with Gasteiger partial charge in [0.05, 0.1) is 19.8 Å². The number of amides is 1. The van der Waals surface area contributed by atoms with Crippen LogP contribution in [0.15, 0.2) is 48.5 Å². The van der Waals surface area contributed by atoms with Crippen LogP contribution in [0.1, 0.15) is 10.4 Å². The third-order valence-electron chi connectivity index (χ3n) is 4.84. The number of nitrogens with zero attached hydrogens (tertiary/aromatic N) is 2. The van der Waals surface area contributed by atoms with E-state index < -0.39 is 0 Å². The summed E-state index contributed by atoms with van der Waals surface area (Å²) in [6.45, 7) is 5.27. The Morgan fingerprint density at radius 2 is 1.66 bits per heavy atom. The van der Waals surface area contributed by atoms with Gasteiger partial charge in [0, 0.05) is 43.1 Å². The highest BCUT2D eigenvalue weighted by molar-refractivity contribution is 6.04. The molecule has 0 unspecified atom stereocenters. The van der Waals surface area contributed by atoms with E-state index in [9.17, 15) is 4.79 Å². The number of benzene rings is 2. The molecule has 156 valence electrons. The molecule has 29 heavy (non-hydrogen) atoms. The number of likely N-dealkylation sites (N-methyl/N-ethyl adjacent to an activating group) is 1. The maximum Gasteiger partial charge on any atom is 0.255 e. The van der Waals surface area contributed by atoms with E-state index in [1.165, 1.54) is 5.69 Å². The molecule has 2 aromatic rings. The number of anilines is 2. The number of piperazine rings is 1. The molecule has 0 aromatic heterocycles. The van der Waals surface area contributed by atoms with E-state index >= 15 is 0 Å². The van der Waals surface area contributed by atoms with Crippen molar-refractivity contribution in [1.29, 1.82) is 0 Å². The minimum atomic E-state index is -0.157. The SMILES string of the molecule is CN1CCN(c2ccc(NC(=O)c3ccc(OCCOCCO)cc3)cc2)CC1. The maximum absolute atomic E-state index is 12.5. The Morgan fingerprint density at radius 1 is 0.966 bits per heavy atom. The zero-order valence-electron chi connectivity index (χ0n) is 16.8. The Hall–Kier alpha value is -2.61. The lowest BCUT2D eigenvalue weighted by Crippen LogP contribution is -2.44. The predicted octanol–water partition coefficient (Wildman–Crippen LogP) is 2.08. The highest BCUT2D eigenvalue weighted by Gasteiger charge is 2.14. The van der Waals surface area contributed by atoms with Crippen LogP contribution in [0.25, 0.3) is 0 Å². The second kappa shape index (κ2) is 10.8. The highest BCUT2D eigenvalue weighted by atomic mass is 16.5. The largest absolute Gasteiger partial charge is 0.491 e. The second-order valence-electron chi connectivity index (χ2n) is 7.00. The third kappa shape index (κ3) is 6.45. The van der Waals surface area contributed by atoms with Gasteiger partial charge in [-0.3, -0.25) is 4.79 Å². The van der Waals surface area contributed by atoms with E-state index in [4.69, 9.17) is 14.6 Å². The van der Waals surface area contributed by atoms with Crippen LogP contribution in [0.4, 0.5) is 11.4 Å². The average molecular weight is 399 g/mol. The molecule has 1 amide bonds. The van der Waals surface area contributed by atoms with Crippen LogP contribution in [0.5, 0.6) is 5.75 Å². The molecule has 0 saturated carbocycles. The minimum absolute atomic E-state index is 0.00237. The van der Waals surface area contributed by atoms with E-state index in [2.05, 4.69) is 34.3 Å². The molecule has 0 radical (unpaired) electrons. The Labute approximate surface area is 171 Å². The van der Waals surface area contributed by atoms with Crippen LogP contribution < -0.4 is 15.0 Å². The summed E-state index contributed by atoms with van der Waals surface area (Å²) in [5.74, 6) is 0.515. The average Bonchev–Trinajstić information content (AvgIpc) is 2.75. The number of carbonyl (C=O) groups is 1.